The van der Waals surface area contributed by atoms with E-state index in [4.69, 9.17) is 4.98 Å². The van der Waals surface area contributed by atoms with Gasteiger partial charge >= 0.3 is 0 Å². The zero-order valence-corrected chi connectivity index (χ0v) is 14.0. The first kappa shape index (κ1) is 14.8. The molecule has 0 spiro atoms. The fraction of sp³-hybridized carbons (Fsp3) is 0.182. The van der Waals surface area contributed by atoms with E-state index in [1.54, 1.807) is 0 Å². The minimum Gasteiger partial charge on any atom is -0.233 e. The topological polar surface area (TPSA) is 25.8 Å². The second kappa shape index (κ2) is 6.04. The standard InChI is InChI=1S/C22H20N2/c1-15-8-9-17-10-11-19(14-20(17)12-15)21-13-16(2)23-22(24-21)18-6-4-3-5-7-18/h3-11,13-15H,12H2,1-2H3. The number of aryl methyl sites for hydroxylation is 1. The summed E-state index contributed by atoms with van der Waals surface area (Å²) in [6, 6.07) is 18.9. The van der Waals surface area contributed by atoms with Crippen LogP contribution in [0.25, 0.3) is 28.7 Å². The monoisotopic (exact) mass is 312 g/mol. The molecule has 0 saturated heterocycles. The van der Waals surface area contributed by atoms with Crippen LogP contribution in [0.1, 0.15) is 23.7 Å². The number of allylic oxidation sites excluding steroid dienone is 1. The van der Waals surface area contributed by atoms with E-state index in [0.29, 0.717) is 5.92 Å². The molecule has 0 N–H and O–H groups in total. The van der Waals surface area contributed by atoms with Gasteiger partial charge in [-0.05, 0) is 42.5 Å². The maximum absolute atomic E-state index is 4.81. The Bertz CT molecular complexity index is 911. The van der Waals surface area contributed by atoms with Crippen molar-refractivity contribution in [2.75, 3.05) is 0 Å². The molecule has 24 heavy (non-hydrogen) atoms. The Morgan fingerprint density at radius 2 is 1.75 bits per heavy atom. The van der Waals surface area contributed by atoms with E-state index in [9.17, 15) is 0 Å². The molecule has 1 atom stereocenters. The van der Waals surface area contributed by atoms with Gasteiger partial charge in [-0.3, -0.25) is 0 Å². The largest absolute Gasteiger partial charge is 0.233 e. The summed E-state index contributed by atoms with van der Waals surface area (Å²) in [5.74, 6) is 1.39. The normalized spacial score (nSPS) is 16.0. The fourth-order valence-corrected chi connectivity index (χ4v) is 3.22. The van der Waals surface area contributed by atoms with E-state index < -0.39 is 0 Å². The highest BCUT2D eigenvalue weighted by Gasteiger charge is 2.12. The highest BCUT2D eigenvalue weighted by molar-refractivity contribution is 5.68. The van der Waals surface area contributed by atoms with Gasteiger partial charge in [-0.1, -0.05) is 61.5 Å². The van der Waals surface area contributed by atoms with E-state index in [-0.39, 0.29) is 0 Å². The lowest BCUT2D eigenvalue weighted by Gasteiger charge is -2.17. The lowest BCUT2D eigenvalue weighted by Crippen LogP contribution is -2.03. The van der Waals surface area contributed by atoms with Gasteiger partial charge in [0.15, 0.2) is 5.82 Å². The Hall–Kier alpha value is -2.74. The van der Waals surface area contributed by atoms with E-state index >= 15 is 0 Å². The third-order valence-corrected chi connectivity index (χ3v) is 4.47. The molecule has 0 fully saturated rings. The minimum absolute atomic E-state index is 0.597. The van der Waals surface area contributed by atoms with E-state index in [1.165, 1.54) is 16.7 Å². The van der Waals surface area contributed by atoms with Gasteiger partial charge in [0.25, 0.3) is 0 Å². The maximum Gasteiger partial charge on any atom is 0.160 e. The predicted octanol–water partition coefficient (Wildman–Crippen LogP) is 5.32. The Morgan fingerprint density at radius 3 is 2.58 bits per heavy atom. The van der Waals surface area contributed by atoms with Crippen LogP contribution < -0.4 is 0 Å². The van der Waals surface area contributed by atoms with Crippen molar-refractivity contribution in [2.45, 2.75) is 20.3 Å². The molecular formula is C22H20N2. The van der Waals surface area contributed by atoms with Crippen LogP contribution in [0.4, 0.5) is 0 Å². The van der Waals surface area contributed by atoms with Gasteiger partial charge in [0.1, 0.15) is 0 Å². The van der Waals surface area contributed by atoms with Gasteiger partial charge in [0, 0.05) is 16.8 Å². The SMILES string of the molecule is Cc1cc(-c2ccc3c(c2)CC(C)C=C3)nc(-c2ccccc2)n1. The molecule has 1 aromatic heterocycles. The van der Waals surface area contributed by atoms with Gasteiger partial charge in [-0.25, -0.2) is 9.97 Å². The summed E-state index contributed by atoms with van der Waals surface area (Å²) < 4.78 is 0. The molecule has 2 aromatic carbocycles. The van der Waals surface area contributed by atoms with Gasteiger partial charge < -0.3 is 0 Å². The highest BCUT2D eigenvalue weighted by atomic mass is 14.9. The van der Waals surface area contributed by atoms with Crippen molar-refractivity contribution in [3.05, 3.63) is 77.5 Å². The van der Waals surface area contributed by atoms with Crippen molar-refractivity contribution in [1.29, 1.82) is 0 Å². The third-order valence-electron chi connectivity index (χ3n) is 4.47. The van der Waals surface area contributed by atoms with E-state index in [1.807, 2.05) is 25.1 Å². The first-order valence-corrected chi connectivity index (χ1v) is 8.41. The summed E-state index contributed by atoms with van der Waals surface area (Å²) in [5.41, 5.74) is 6.93. The van der Waals surface area contributed by atoms with Crippen LogP contribution in [-0.2, 0) is 6.42 Å². The number of hydrogen-bond donors (Lipinski definition) is 0. The smallest absolute Gasteiger partial charge is 0.160 e. The number of nitrogens with zero attached hydrogens (tertiary/aromatic N) is 2. The summed E-state index contributed by atoms with van der Waals surface area (Å²) >= 11 is 0. The van der Waals surface area contributed by atoms with Crippen molar-refractivity contribution >= 4 is 6.08 Å². The molecule has 1 aliphatic rings. The van der Waals surface area contributed by atoms with Crippen molar-refractivity contribution in [3.63, 3.8) is 0 Å². The number of rotatable bonds is 2. The maximum atomic E-state index is 4.81. The fourth-order valence-electron chi connectivity index (χ4n) is 3.22. The van der Waals surface area contributed by atoms with Crippen LogP contribution in [-0.4, -0.2) is 9.97 Å². The molecular weight excluding hydrogens is 292 g/mol. The van der Waals surface area contributed by atoms with Crippen molar-refractivity contribution in [2.24, 2.45) is 5.92 Å². The molecule has 1 unspecified atom stereocenters. The number of hydrogen-bond acceptors (Lipinski definition) is 2. The number of benzene rings is 2. The van der Waals surface area contributed by atoms with E-state index in [0.717, 1.165) is 29.2 Å². The molecule has 0 bridgehead atoms. The van der Waals surface area contributed by atoms with Crippen LogP contribution in [0.2, 0.25) is 0 Å². The summed E-state index contributed by atoms with van der Waals surface area (Å²) in [4.78, 5) is 9.42. The lowest BCUT2D eigenvalue weighted by molar-refractivity contribution is 0.717. The first-order chi connectivity index (χ1) is 11.7. The second-order valence-electron chi connectivity index (χ2n) is 6.54. The summed E-state index contributed by atoms with van der Waals surface area (Å²) in [5, 5.41) is 0. The third kappa shape index (κ3) is 2.88. The van der Waals surface area contributed by atoms with Crippen LogP contribution in [0.3, 0.4) is 0 Å². The molecule has 4 rings (SSSR count). The molecule has 2 nitrogen and oxygen atoms in total. The average molecular weight is 312 g/mol. The quantitative estimate of drug-likeness (QED) is 0.639. The van der Waals surface area contributed by atoms with Gasteiger partial charge in [-0.15, -0.1) is 0 Å². The zero-order chi connectivity index (χ0) is 16.5. The first-order valence-electron chi connectivity index (χ1n) is 8.41. The Balaban J connectivity index is 1.79. The van der Waals surface area contributed by atoms with Gasteiger partial charge in [0.2, 0.25) is 0 Å². The lowest BCUT2D eigenvalue weighted by atomic mass is 9.89. The van der Waals surface area contributed by atoms with Gasteiger partial charge in [0.05, 0.1) is 5.69 Å². The molecule has 3 aromatic rings. The van der Waals surface area contributed by atoms with Crippen molar-refractivity contribution in [3.8, 4) is 22.6 Å². The molecule has 0 aliphatic heterocycles. The van der Waals surface area contributed by atoms with Crippen molar-refractivity contribution in [1.82, 2.24) is 9.97 Å². The molecule has 0 amide bonds. The van der Waals surface area contributed by atoms with Crippen LogP contribution in [0.5, 0.6) is 0 Å². The minimum atomic E-state index is 0.597. The van der Waals surface area contributed by atoms with Crippen molar-refractivity contribution < 1.29 is 0 Å². The molecule has 1 aliphatic carbocycles. The average Bonchev–Trinajstić information content (AvgIpc) is 2.61. The molecule has 0 radical (unpaired) electrons. The Kier molecular flexibility index (Phi) is 3.73. The predicted molar refractivity (Wildman–Crippen MR) is 99.5 cm³/mol. The molecule has 2 heteroatoms. The molecule has 0 saturated carbocycles. The highest BCUT2D eigenvalue weighted by Crippen LogP contribution is 2.28. The summed E-state index contributed by atoms with van der Waals surface area (Å²) in [6.45, 7) is 4.29. The van der Waals surface area contributed by atoms with Crippen LogP contribution in [0, 0.1) is 12.8 Å². The number of fused-ring (bicyclic) bond motifs is 1. The summed E-state index contributed by atoms with van der Waals surface area (Å²) in [6.07, 6.45) is 5.60. The second-order valence-corrected chi connectivity index (χ2v) is 6.54. The molecule has 118 valence electrons. The zero-order valence-electron chi connectivity index (χ0n) is 14.0. The van der Waals surface area contributed by atoms with Crippen LogP contribution in [0.15, 0.2) is 60.7 Å². The Morgan fingerprint density at radius 1 is 0.917 bits per heavy atom. The molecule has 1 heterocycles. The van der Waals surface area contributed by atoms with Gasteiger partial charge in [-0.2, -0.15) is 0 Å². The van der Waals surface area contributed by atoms with Crippen LogP contribution >= 0.6 is 0 Å². The Labute approximate surface area is 142 Å². The summed E-state index contributed by atoms with van der Waals surface area (Å²) in [7, 11) is 0. The number of aromatic nitrogens is 2. The van der Waals surface area contributed by atoms with E-state index in [2.05, 4.69) is 60.5 Å².